The topological polar surface area (TPSA) is 91.0 Å². The number of halogens is 1. The molecule has 1 saturated carbocycles. The fourth-order valence-electron chi connectivity index (χ4n) is 7.24. The van der Waals surface area contributed by atoms with Gasteiger partial charge in [-0.3, -0.25) is 14.4 Å². The van der Waals surface area contributed by atoms with Gasteiger partial charge in [0.2, 0.25) is 17.7 Å². The van der Waals surface area contributed by atoms with E-state index in [0.29, 0.717) is 35.6 Å². The molecule has 1 aliphatic carbocycles. The third kappa shape index (κ3) is 4.96. The molecule has 3 aliphatic heterocycles. The van der Waals surface area contributed by atoms with Crippen molar-refractivity contribution in [1.29, 1.82) is 0 Å². The first-order valence-corrected chi connectivity index (χ1v) is 15.3. The maximum absolute atomic E-state index is 14.2. The van der Waals surface area contributed by atoms with Gasteiger partial charge in [0, 0.05) is 29.8 Å². The van der Waals surface area contributed by atoms with Crippen LogP contribution in [0.25, 0.3) is 0 Å². The maximum atomic E-state index is 14.2. The first-order valence-electron chi connectivity index (χ1n) is 14.9. The van der Waals surface area contributed by atoms with Crippen molar-refractivity contribution in [2.45, 2.75) is 77.7 Å². The number of hydrogen-bond acceptors (Lipinski definition) is 5. The number of nitrogens with one attached hydrogen (secondary N) is 2. The lowest BCUT2D eigenvalue weighted by Crippen LogP contribution is -2.58. The van der Waals surface area contributed by atoms with Crippen LogP contribution >= 0.6 is 11.6 Å². The van der Waals surface area contributed by atoms with E-state index in [0.717, 1.165) is 37.9 Å². The maximum Gasteiger partial charge on any atom is 0.246 e. The van der Waals surface area contributed by atoms with Crippen LogP contribution in [0.15, 0.2) is 30.4 Å². The summed E-state index contributed by atoms with van der Waals surface area (Å²) in [5, 5.41) is 6.83. The third-order valence-electron chi connectivity index (χ3n) is 9.95. The zero-order valence-corrected chi connectivity index (χ0v) is 25.0. The summed E-state index contributed by atoms with van der Waals surface area (Å²) < 4.78 is 6.49. The van der Waals surface area contributed by atoms with Crippen molar-refractivity contribution in [3.8, 4) is 0 Å². The van der Waals surface area contributed by atoms with E-state index < -0.39 is 29.6 Å². The zero-order valence-electron chi connectivity index (χ0n) is 24.3. The van der Waals surface area contributed by atoms with Gasteiger partial charge >= 0.3 is 0 Å². The lowest BCUT2D eigenvalue weighted by molar-refractivity contribution is -0.141. The highest BCUT2D eigenvalue weighted by atomic mass is 35.5. The van der Waals surface area contributed by atoms with Crippen molar-refractivity contribution in [3.05, 3.63) is 40.9 Å². The minimum atomic E-state index is -1.16. The van der Waals surface area contributed by atoms with E-state index in [9.17, 15) is 14.4 Å². The van der Waals surface area contributed by atoms with Crippen LogP contribution in [0, 0.1) is 30.6 Å². The van der Waals surface area contributed by atoms with Crippen LogP contribution < -0.4 is 10.6 Å². The number of nitrogens with zero attached hydrogens (tertiary/aromatic N) is 2. The molecule has 40 heavy (non-hydrogen) atoms. The van der Waals surface area contributed by atoms with E-state index >= 15 is 0 Å². The number of hydrogen-bond donors (Lipinski definition) is 2. The number of benzene rings is 1. The summed E-state index contributed by atoms with van der Waals surface area (Å²) in [4.78, 5) is 45.9. The molecule has 0 radical (unpaired) electrons. The number of likely N-dealkylation sites (tertiary alicyclic amines) is 1. The van der Waals surface area contributed by atoms with Gasteiger partial charge in [-0.05, 0) is 56.0 Å². The van der Waals surface area contributed by atoms with E-state index in [1.807, 2.05) is 25.1 Å². The number of carbonyl (C=O) groups excluding carboxylic acids is 3. The van der Waals surface area contributed by atoms with Crippen molar-refractivity contribution in [1.82, 2.24) is 15.1 Å². The van der Waals surface area contributed by atoms with Gasteiger partial charge in [-0.25, -0.2) is 0 Å². The summed E-state index contributed by atoms with van der Waals surface area (Å²) in [6.45, 7) is 13.3. The predicted octanol–water partition coefficient (Wildman–Crippen LogP) is 4.02. The molecule has 2 saturated heterocycles. The first kappa shape index (κ1) is 29.1. The third-order valence-corrected chi connectivity index (χ3v) is 10.4. The fourth-order valence-corrected chi connectivity index (χ4v) is 7.42. The van der Waals surface area contributed by atoms with Crippen LogP contribution in [0.2, 0.25) is 5.02 Å². The lowest BCUT2D eigenvalue weighted by Gasteiger charge is -2.38. The fraction of sp³-hybridized carbons (Fsp3) is 0.645. The van der Waals surface area contributed by atoms with Gasteiger partial charge in [0.1, 0.15) is 11.6 Å². The van der Waals surface area contributed by atoms with E-state index in [1.165, 1.54) is 0 Å². The summed E-state index contributed by atoms with van der Waals surface area (Å²) in [7, 11) is 0. The summed E-state index contributed by atoms with van der Waals surface area (Å²) >= 11 is 6.29. The van der Waals surface area contributed by atoms with Crippen molar-refractivity contribution in [2.24, 2.45) is 23.7 Å². The Balaban J connectivity index is 1.43. The van der Waals surface area contributed by atoms with Gasteiger partial charge < -0.3 is 25.2 Å². The standard InChI is InChI=1S/C31H43ClN4O4/c1-6-35(7-2)15-16-36-27(29(38)34-23-10-8-9-18(3)20(23)5)31-14-13-24(40-31)25(26(31)30(36)39)28(37)33-21-12-11-19(4)22(32)17-21/h11-14,17-18,20,23-27H,6-10,15-16H2,1-5H3,(H,33,37)(H,34,38)/t18-,20+,23-,24+,25-,26+,27+,31+/m1/s1. The molecule has 9 heteroatoms. The van der Waals surface area contributed by atoms with Gasteiger partial charge in [0.25, 0.3) is 0 Å². The second-order valence-corrected chi connectivity index (χ2v) is 12.5. The lowest BCUT2D eigenvalue weighted by atomic mass is 9.73. The highest BCUT2D eigenvalue weighted by molar-refractivity contribution is 6.31. The van der Waals surface area contributed by atoms with Crippen LogP contribution in [-0.2, 0) is 19.1 Å². The highest BCUT2D eigenvalue weighted by Gasteiger charge is 2.72. The van der Waals surface area contributed by atoms with Crippen LogP contribution in [0.4, 0.5) is 5.69 Å². The molecular formula is C31H43ClN4O4. The molecule has 1 aromatic carbocycles. The van der Waals surface area contributed by atoms with Crippen LogP contribution in [0.5, 0.6) is 0 Å². The van der Waals surface area contributed by atoms with Gasteiger partial charge in [0.15, 0.2) is 0 Å². The average Bonchev–Trinajstić information content (AvgIpc) is 3.57. The molecule has 5 rings (SSSR count). The van der Waals surface area contributed by atoms with Crippen LogP contribution in [0.3, 0.4) is 0 Å². The number of fused-ring (bicyclic) bond motifs is 1. The van der Waals surface area contributed by atoms with E-state index in [-0.39, 0.29) is 23.8 Å². The molecule has 8 nitrogen and oxygen atoms in total. The molecule has 3 amide bonds. The number of anilines is 1. The van der Waals surface area contributed by atoms with Gasteiger partial charge in [-0.15, -0.1) is 0 Å². The number of carbonyl (C=O) groups is 3. The summed E-state index contributed by atoms with van der Waals surface area (Å²) in [5.74, 6) is -1.30. The first-order chi connectivity index (χ1) is 19.1. The normalized spacial score (nSPS) is 34.4. The summed E-state index contributed by atoms with van der Waals surface area (Å²) in [6.07, 6.45) is 6.33. The second-order valence-electron chi connectivity index (χ2n) is 12.1. The van der Waals surface area contributed by atoms with Crippen molar-refractivity contribution in [3.63, 3.8) is 0 Å². The quantitative estimate of drug-likeness (QED) is 0.438. The summed E-state index contributed by atoms with van der Waals surface area (Å²) in [5.41, 5.74) is 0.320. The smallest absolute Gasteiger partial charge is 0.246 e. The zero-order chi connectivity index (χ0) is 28.8. The molecule has 218 valence electrons. The van der Waals surface area contributed by atoms with E-state index in [4.69, 9.17) is 16.3 Å². The van der Waals surface area contributed by atoms with Crippen LogP contribution in [-0.4, -0.2) is 77.5 Å². The minimum Gasteiger partial charge on any atom is -0.359 e. The SMILES string of the molecule is CCN(CC)CCN1C(=O)[C@@H]2[C@H](C(=O)Nc3ccc(C)c(Cl)c3)[C@@H]3C=C[C@@]2(O3)[C@@H]1C(=O)N[C@@H]1CCC[C@@H](C)[C@@H]1C. The average molecular weight is 571 g/mol. The second kappa shape index (κ2) is 11.5. The molecule has 8 atom stereocenters. The van der Waals surface area contributed by atoms with Crippen molar-refractivity contribution in [2.75, 3.05) is 31.5 Å². The van der Waals surface area contributed by atoms with E-state index in [1.54, 1.807) is 17.0 Å². The Kier molecular flexibility index (Phi) is 8.33. The molecule has 4 aliphatic rings. The number of ether oxygens (including phenoxy) is 1. The monoisotopic (exact) mass is 570 g/mol. The predicted molar refractivity (Wildman–Crippen MR) is 156 cm³/mol. The molecule has 3 heterocycles. The largest absolute Gasteiger partial charge is 0.359 e. The summed E-state index contributed by atoms with van der Waals surface area (Å²) in [6, 6.07) is 4.59. The van der Waals surface area contributed by atoms with Gasteiger partial charge in [0.05, 0.1) is 17.9 Å². The van der Waals surface area contributed by atoms with Crippen LogP contribution in [0.1, 0.15) is 52.5 Å². The molecule has 0 aromatic heterocycles. The Bertz CT molecular complexity index is 1190. The molecule has 1 aromatic rings. The van der Waals surface area contributed by atoms with E-state index in [2.05, 4.69) is 43.2 Å². The Morgan fingerprint density at radius 3 is 2.62 bits per heavy atom. The number of aryl methyl sites for hydroxylation is 1. The Hall–Kier alpha value is -2.42. The molecule has 0 unspecified atom stereocenters. The van der Waals surface area contributed by atoms with Gasteiger partial charge in [-0.1, -0.05) is 70.4 Å². The van der Waals surface area contributed by atoms with Gasteiger partial charge in [-0.2, -0.15) is 0 Å². The molecule has 1 spiro atoms. The molecule has 3 fully saturated rings. The number of amides is 3. The molecule has 2 bridgehead atoms. The highest BCUT2D eigenvalue weighted by Crippen LogP contribution is 2.55. The van der Waals surface area contributed by atoms with Crippen molar-refractivity contribution < 1.29 is 19.1 Å². The Morgan fingerprint density at radius 1 is 1.18 bits per heavy atom. The molecule has 2 N–H and O–H groups in total. The Labute approximate surface area is 242 Å². The molecular weight excluding hydrogens is 528 g/mol. The number of rotatable bonds is 9. The minimum absolute atomic E-state index is 0.0550. The number of likely N-dealkylation sites (N-methyl/N-ethyl adjacent to an activating group) is 1. The Morgan fingerprint density at radius 2 is 1.93 bits per heavy atom. The van der Waals surface area contributed by atoms with Crippen molar-refractivity contribution >= 4 is 35.0 Å².